The van der Waals surface area contributed by atoms with Gasteiger partial charge >= 0.3 is 0 Å². The third-order valence-corrected chi connectivity index (χ3v) is 6.67. The van der Waals surface area contributed by atoms with Gasteiger partial charge in [0.25, 0.3) is 0 Å². The third-order valence-electron chi connectivity index (χ3n) is 4.72. The lowest BCUT2D eigenvalue weighted by Crippen LogP contribution is -1.90. The van der Waals surface area contributed by atoms with E-state index in [-0.39, 0.29) is 0 Å². The van der Waals surface area contributed by atoms with E-state index in [0.29, 0.717) is 5.92 Å². The second-order valence-corrected chi connectivity index (χ2v) is 8.88. The predicted molar refractivity (Wildman–Crippen MR) is 118 cm³/mol. The first-order valence-electron chi connectivity index (χ1n) is 9.12. The van der Waals surface area contributed by atoms with Crippen LogP contribution in [0.4, 0.5) is 0 Å². The van der Waals surface area contributed by atoms with Crippen molar-refractivity contribution in [2.75, 3.05) is 0 Å². The molecule has 27 heavy (non-hydrogen) atoms. The van der Waals surface area contributed by atoms with Gasteiger partial charge in [-0.15, -0.1) is 23.1 Å². The fourth-order valence-electron chi connectivity index (χ4n) is 3.05. The fraction of sp³-hybridized carbons (Fsp3) is 0.217. The van der Waals surface area contributed by atoms with Crippen LogP contribution in [0.3, 0.4) is 0 Å². The molecule has 4 aromatic rings. The van der Waals surface area contributed by atoms with Gasteiger partial charge in [0.15, 0.2) is 0 Å². The Balaban J connectivity index is 1.63. The summed E-state index contributed by atoms with van der Waals surface area (Å²) in [7, 11) is 0. The van der Waals surface area contributed by atoms with Crippen LogP contribution in [0.5, 0.6) is 0 Å². The van der Waals surface area contributed by atoms with E-state index >= 15 is 0 Å². The molecule has 0 saturated carbocycles. The Labute approximate surface area is 168 Å². The minimum Gasteiger partial charge on any atom is -0.229 e. The van der Waals surface area contributed by atoms with Gasteiger partial charge < -0.3 is 0 Å². The summed E-state index contributed by atoms with van der Waals surface area (Å²) >= 11 is 3.48. The molecule has 0 unspecified atom stereocenters. The number of fused-ring (bicyclic) bond motifs is 1. The molecule has 4 rings (SSSR count). The van der Waals surface area contributed by atoms with E-state index in [0.717, 1.165) is 15.6 Å². The summed E-state index contributed by atoms with van der Waals surface area (Å²) < 4.78 is 0. The SMILES string of the molecule is Cc1ccc(-c2csc3ncnc(SCc4ccc(C(C)C)cc4)c23)cc1. The maximum Gasteiger partial charge on any atom is 0.128 e. The number of aromatic nitrogens is 2. The number of benzene rings is 2. The lowest BCUT2D eigenvalue weighted by molar-refractivity contribution is 0.866. The fourth-order valence-corrected chi connectivity index (χ4v) is 5.00. The minimum atomic E-state index is 0.566. The van der Waals surface area contributed by atoms with Crippen LogP contribution < -0.4 is 0 Å². The molecule has 0 aliphatic rings. The summed E-state index contributed by atoms with van der Waals surface area (Å²) in [6.07, 6.45) is 1.68. The van der Waals surface area contributed by atoms with Crippen molar-refractivity contribution in [1.82, 2.24) is 9.97 Å². The topological polar surface area (TPSA) is 25.8 Å². The van der Waals surface area contributed by atoms with Crippen LogP contribution in [-0.2, 0) is 5.75 Å². The van der Waals surface area contributed by atoms with Crippen LogP contribution in [0.25, 0.3) is 21.3 Å². The lowest BCUT2D eigenvalue weighted by Gasteiger charge is -2.08. The molecule has 0 atom stereocenters. The normalized spacial score (nSPS) is 11.4. The van der Waals surface area contributed by atoms with Gasteiger partial charge in [-0.1, -0.05) is 67.9 Å². The molecule has 0 aliphatic carbocycles. The average Bonchev–Trinajstić information content (AvgIpc) is 3.12. The molecule has 0 bridgehead atoms. The van der Waals surface area contributed by atoms with Crippen molar-refractivity contribution in [3.63, 3.8) is 0 Å². The molecule has 136 valence electrons. The van der Waals surface area contributed by atoms with Crippen molar-refractivity contribution in [3.05, 3.63) is 76.9 Å². The molecule has 2 nitrogen and oxygen atoms in total. The monoisotopic (exact) mass is 390 g/mol. The van der Waals surface area contributed by atoms with Crippen LogP contribution in [0.1, 0.15) is 36.5 Å². The maximum atomic E-state index is 4.60. The first kappa shape index (κ1) is 18.2. The van der Waals surface area contributed by atoms with Gasteiger partial charge in [0.2, 0.25) is 0 Å². The molecule has 0 saturated heterocycles. The van der Waals surface area contributed by atoms with Crippen LogP contribution in [0.15, 0.2) is 65.3 Å². The number of thioether (sulfide) groups is 1. The van der Waals surface area contributed by atoms with E-state index in [1.807, 2.05) is 0 Å². The van der Waals surface area contributed by atoms with E-state index in [4.69, 9.17) is 0 Å². The summed E-state index contributed by atoms with van der Waals surface area (Å²) in [4.78, 5) is 10.1. The second-order valence-electron chi connectivity index (χ2n) is 7.06. The number of nitrogens with zero attached hydrogens (tertiary/aromatic N) is 2. The number of aryl methyl sites for hydroxylation is 1. The van der Waals surface area contributed by atoms with Gasteiger partial charge in [0.1, 0.15) is 16.2 Å². The van der Waals surface area contributed by atoms with Crippen LogP contribution in [0.2, 0.25) is 0 Å². The molecule has 0 amide bonds. The highest BCUT2D eigenvalue weighted by molar-refractivity contribution is 7.98. The summed E-state index contributed by atoms with van der Waals surface area (Å²) in [5.41, 5.74) is 6.43. The zero-order valence-corrected chi connectivity index (χ0v) is 17.4. The lowest BCUT2D eigenvalue weighted by atomic mass is 10.0. The van der Waals surface area contributed by atoms with Crippen LogP contribution in [0, 0.1) is 6.92 Å². The van der Waals surface area contributed by atoms with Gasteiger partial charge in [-0.2, -0.15) is 0 Å². The molecule has 0 radical (unpaired) electrons. The number of rotatable bonds is 5. The first-order chi connectivity index (χ1) is 13.1. The standard InChI is InChI=1S/C23H22N2S2/c1-15(2)18-10-6-17(7-11-18)12-26-22-21-20(13-27-23(21)25-14-24-22)19-8-4-16(3)5-9-19/h4-11,13-15H,12H2,1-3H3. The van der Waals surface area contributed by atoms with Gasteiger partial charge in [0, 0.05) is 16.7 Å². The van der Waals surface area contributed by atoms with Gasteiger partial charge in [-0.05, 0) is 29.5 Å². The quantitative estimate of drug-likeness (QED) is 0.269. The second kappa shape index (κ2) is 7.83. The smallest absolute Gasteiger partial charge is 0.128 e. The van der Waals surface area contributed by atoms with Crippen molar-refractivity contribution in [2.24, 2.45) is 0 Å². The van der Waals surface area contributed by atoms with Crippen LogP contribution >= 0.6 is 23.1 Å². The molecule has 2 aromatic carbocycles. The van der Waals surface area contributed by atoms with Crippen LogP contribution in [-0.4, -0.2) is 9.97 Å². The molecule has 0 fully saturated rings. The van der Waals surface area contributed by atoms with E-state index in [1.165, 1.54) is 33.2 Å². The average molecular weight is 391 g/mol. The maximum absolute atomic E-state index is 4.60. The highest BCUT2D eigenvalue weighted by Gasteiger charge is 2.13. The largest absolute Gasteiger partial charge is 0.229 e. The predicted octanol–water partition coefficient (Wildman–Crippen LogP) is 7.08. The zero-order valence-electron chi connectivity index (χ0n) is 15.8. The van der Waals surface area contributed by atoms with E-state index in [2.05, 4.69) is 84.7 Å². The van der Waals surface area contributed by atoms with E-state index in [9.17, 15) is 0 Å². The molecule has 0 N–H and O–H groups in total. The highest BCUT2D eigenvalue weighted by atomic mass is 32.2. The number of thiophene rings is 1. The Kier molecular flexibility index (Phi) is 5.28. The molecule has 4 heteroatoms. The molecular formula is C23H22N2S2. The van der Waals surface area contributed by atoms with E-state index in [1.54, 1.807) is 29.4 Å². The Morgan fingerprint density at radius 1 is 0.963 bits per heavy atom. The van der Waals surface area contributed by atoms with Crippen molar-refractivity contribution >= 4 is 33.3 Å². The summed E-state index contributed by atoms with van der Waals surface area (Å²) in [5, 5.41) is 4.44. The van der Waals surface area contributed by atoms with Gasteiger partial charge in [0.05, 0.1) is 5.39 Å². The van der Waals surface area contributed by atoms with Gasteiger partial charge in [-0.25, -0.2) is 9.97 Å². The van der Waals surface area contributed by atoms with Crippen molar-refractivity contribution in [1.29, 1.82) is 0 Å². The minimum absolute atomic E-state index is 0.566. The summed E-state index contributed by atoms with van der Waals surface area (Å²) in [5.74, 6) is 1.48. The van der Waals surface area contributed by atoms with Crippen molar-refractivity contribution in [2.45, 2.75) is 37.5 Å². The molecule has 0 spiro atoms. The zero-order chi connectivity index (χ0) is 18.8. The first-order valence-corrected chi connectivity index (χ1v) is 11.0. The van der Waals surface area contributed by atoms with Crippen molar-refractivity contribution in [3.8, 4) is 11.1 Å². The highest BCUT2D eigenvalue weighted by Crippen LogP contribution is 2.38. The summed E-state index contributed by atoms with van der Waals surface area (Å²) in [6, 6.07) is 17.6. The van der Waals surface area contributed by atoms with Gasteiger partial charge in [-0.3, -0.25) is 0 Å². The molecule has 2 heterocycles. The summed E-state index contributed by atoms with van der Waals surface area (Å²) in [6.45, 7) is 6.57. The molecular weight excluding hydrogens is 368 g/mol. The Morgan fingerprint density at radius 2 is 1.70 bits per heavy atom. The van der Waals surface area contributed by atoms with E-state index < -0.39 is 0 Å². The Morgan fingerprint density at radius 3 is 2.41 bits per heavy atom. The molecule has 2 aromatic heterocycles. The Bertz CT molecular complexity index is 1050. The molecule has 0 aliphatic heterocycles. The Hall–Kier alpha value is -2.17. The number of hydrogen-bond donors (Lipinski definition) is 0. The van der Waals surface area contributed by atoms with Crippen molar-refractivity contribution < 1.29 is 0 Å². The third kappa shape index (κ3) is 3.92. The number of hydrogen-bond acceptors (Lipinski definition) is 4.